The van der Waals surface area contributed by atoms with Gasteiger partial charge in [-0.2, -0.15) is 0 Å². The van der Waals surface area contributed by atoms with Crippen LogP contribution in [-0.2, 0) is 4.79 Å². The maximum atomic E-state index is 11.7. The van der Waals surface area contributed by atoms with E-state index in [2.05, 4.69) is 10.3 Å². The average Bonchev–Trinajstić information content (AvgIpc) is 2.19. The quantitative estimate of drug-likeness (QED) is 0.823. The summed E-state index contributed by atoms with van der Waals surface area (Å²) in [5, 5.41) is 2.83. The molecule has 1 amide bonds. The standard InChI is InChI=1S/C12H18N2O/c1-4-10(5-2)12(15)14-11-8-6-7-9(3)13-11/h6-8,10H,4-5H2,1-3H3,(H,13,14,15). The second-order valence-electron chi connectivity index (χ2n) is 3.67. The van der Waals surface area contributed by atoms with E-state index in [1.54, 1.807) is 0 Å². The molecule has 1 N–H and O–H groups in total. The first-order valence-corrected chi connectivity index (χ1v) is 5.41. The van der Waals surface area contributed by atoms with Crippen molar-refractivity contribution in [3.8, 4) is 0 Å². The van der Waals surface area contributed by atoms with Crippen LogP contribution in [0.15, 0.2) is 18.2 Å². The van der Waals surface area contributed by atoms with E-state index in [-0.39, 0.29) is 11.8 Å². The highest BCUT2D eigenvalue weighted by Crippen LogP contribution is 2.11. The van der Waals surface area contributed by atoms with Crippen molar-refractivity contribution < 1.29 is 4.79 Å². The SMILES string of the molecule is CCC(CC)C(=O)Nc1cccc(C)n1. The van der Waals surface area contributed by atoms with Gasteiger partial charge in [0.2, 0.25) is 5.91 Å². The number of hydrogen-bond donors (Lipinski definition) is 1. The third-order valence-electron chi connectivity index (χ3n) is 2.50. The fourth-order valence-electron chi connectivity index (χ4n) is 1.50. The summed E-state index contributed by atoms with van der Waals surface area (Å²) in [5.74, 6) is 0.803. The molecule has 0 aliphatic carbocycles. The van der Waals surface area contributed by atoms with Crippen LogP contribution in [0.25, 0.3) is 0 Å². The van der Waals surface area contributed by atoms with Gasteiger partial charge in [0.1, 0.15) is 5.82 Å². The van der Waals surface area contributed by atoms with Crippen molar-refractivity contribution in [1.29, 1.82) is 0 Å². The molecule has 1 heterocycles. The predicted molar refractivity (Wildman–Crippen MR) is 61.7 cm³/mol. The molecule has 3 nitrogen and oxygen atoms in total. The lowest BCUT2D eigenvalue weighted by atomic mass is 10.0. The van der Waals surface area contributed by atoms with Gasteiger partial charge in [-0.05, 0) is 31.9 Å². The molecule has 0 aliphatic rings. The molecule has 3 heteroatoms. The van der Waals surface area contributed by atoms with Crippen molar-refractivity contribution >= 4 is 11.7 Å². The van der Waals surface area contributed by atoms with Gasteiger partial charge in [-0.25, -0.2) is 4.98 Å². The van der Waals surface area contributed by atoms with E-state index >= 15 is 0 Å². The van der Waals surface area contributed by atoms with E-state index in [1.165, 1.54) is 0 Å². The zero-order valence-electron chi connectivity index (χ0n) is 9.58. The summed E-state index contributed by atoms with van der Waals surface area (Å²) in [6.45, 7) is 5.96. The number of rotatable bonds is 4. The molecule has 0 aliphatic heterocycles. The number of hydrogen-bond acceptors (Lipinski definition) is 2. The van der Waals surface area contributed by atoms with Crippen LogP contribution in [0.3, 0.4) is 0 Å². The van der Waals surface area contributed by atoms with Crippen LogP contribution < -0.4 is 5.32 Å². The van der Waals surface area contributed by atoms with Gasteiger partial charge in [-0.1, -0.05) is 19.9 Å². The van der Waals surface area contributed by atoms with Gasteiger partial charge in [0.05, 0.1) is 0 Å². The van der Waals surface area contributed by atoms with Crippen molar-refractivity contribution in [1.82, 2.24) is 4.98 Å². The van der Waals surface area contributed by atoms with E-state index in [0.717, 1.165) is 18.5 Å². The van der Waals surface area contributed by atoms with Crippen molar-refractivity contribution in [2.24, 2.45) is 5.92 Å². The lowest BCUT2D eigenvalue weighted by molar-refractivity contribution is -0.120. The Morgan fingerprint density at radius 1 is 1.40 bits per heavy atom. The number of pyridine rings is 1. The fraction of sp³-hybridized carbons (Fsp3) is 0.500. The molecule has 0 unspecified atom stereocenters. The van der Waals surface area contributed by atoms with Crippen LogP contribution >= 0.6 is 0 Å². The van der Waals surface area contributed by atoms with E-state index in [1.807, 2.05) is 39.0 Å². The molecule has 0 spiro atoms. The summed E-state index contributed by atoms with van der Waals surface area (Å²) < 4.78 is 0. The summed E-state index contributed by atoms with van der Waals surface area (Å²) in [7, 11) is 0. The van der Waals surface area contributed by atoms with Crippen molar-refractivity contribution in [3.05, 3.63) is 23.9 Å². The van der Waals surface area contributed by atoms with Crippen molar-refractivity contribution in [3.63, 3.8) is 0 Å². The Morgan fingerprint density at radius 3 is 2.60 bits per heavy atom. The number of amides is 1. The first-order chi connectivity index (χ1) is 7.17. The molecule has 1 aromatic heterocycles. The third-order valence-corrected chi connectivity index (χ3v) is 2.50. The van der Waals surface area contributed by atoms with Gasteiger partial charge in [0.15, 0.2) is 0 Å². The topological polar surface area (TPSA) is 42.0 Å². The highest BCUT2D eigenvalue weighted by atomic mass is 16.1. The van der Waals surface area contributed by atoms with Crippen LogP contribution in [0.1, 0.15) is 32.4 Å². The molecule has 0 saturated heterocycles. The van der Waals surface area contributed by atoms with Crippen molar-refractivity contribution in [2.45, 2.75) is 33.6 Å². The number of nitrogens with zero attached hydrogens (tertiary/aromatic N) is 1. The molecule has 0 bridgehead atoms. The number of aromatic nitrogens is 1. The Kier molecular flexibility index (Phi) is 4.28. The Bertz CT molecular complexity index is 332. The summed E-state index contributed by atoms with van der Waals surface area (Å²) in [4.78, 5) is 16.0. The van der Waals surface area contributed by atoms with E-state index in [0.29, 0.717) is 5.82 Å². The molecular formula is C12H18N2O. The molecule has 0 radical (unpaired) electrons. The largest absolute Gasteiger partial charge is 0.310 e. The normalized spacial score (nSPS) is 10.4. The van der Waals surface area contributed by atoms with Crippen molar-refractivity contribution in [2.75, 3.05) is 5.32 Å². The van der Waals surface area contributed by atoms with E-state index < -0.39 is 0 Å². The molecule has 1 aromatic rings. The lowest BCUT2D eigenvalue weighted by Gasteiger charge is -2.12. The number of carbonyl (C=O) groups is 1. The maximum absolute atomic E-state index is 11.7. The number of anilines is 1. The Hall–Kier alpha value is -1.38. The van der Waals surface area contributed by atoms with Crippen LogP contribution in [0.2, 0.25) is 0 Å². The monoisotopic (exact) mass is 206 g/mol. The van der Waals surface area contributed by atoms with Gasteiger partial charge >= 0.3 is 0 Å². The molecular weight excluding hydrogens is 188 g/mol. The van der Waals surface area contributed by atoms with Crippen LogP contribution in [0, 0.1) is 12.8 Å². The number of carbonyl (C=O) groups excluding carboxylic acids is 1. The Morgan fingerprint density at radius 2 is 2.07 bits per heavy atom. The van der Waals surface area contributed by atoms with Crippen LogP contribution in [0.4, 0.5) is 5.82 Å². The molecule has 1 rings (SSSR count). The Balaban J connectivity index is 2.65. The second kappa shape index (κ2) is 5.49. The third kappa shape index (κ3) is 3.35. The fourth-order valence-corrected chi connectivity index (χ4v) is 1.50. The molecule has 0 atom stereocenters. The Labute approximate surface area is 90.9 Å². The van der Waals surface area contributed by atoms with Crippen LogP contribution in [-0.4, -0.2) is 10.9 Å². The minimum Gasteiger partial charge on any atom is -0.310 e. The molecule has 15 heavy (non-hydrogen) atoms. The van der Waals surface area contributed by atoms with Gasteiger partial charge in [-0.15, -0.1) is 0 Å². The molecule has 0 aromatic carbocycles. The molecule has 82 valence electrons. The van der Waals surface area contributed by atoms with Gasteiger partial charge in [0.25, 0.3) is 0 Å². The summed E-state index contributed by atoms with van der Waals surface area (Å²) in [6, 6.07) is 5.62. The zero-order chi connectivity index (χ0) is 11.3. The molecule has 0 saturated carbocycles. The minimum atomic E-state index is 0.0677. The average molecular weight is 206 g/mol. The minimum absolute atomic E-state index is 0.0677. The van der Waals surface area contributed by atoms with E-state index in [4.69, 9.17) is 0 Å². The van der Waals surface area contributed by atoms with Gasteiger partial charge < -0.3 is 5.32 Å². The van der Waals surface area contributed by atoms with E-state index in [9.17, 15) is 4.79 Å². The first-order valence-electron chi connectivity index (χ1n) is 5.41. The van der Waals surface area contributed by atoms with Crippen LogP contribution in [0.5, 0.6) is 0 Å². The van der Waals surface area contributed by atoms with Gasteiger partial charge in [0, 0.05) is 11.6 Å². The summed E-state index contributed by atoms with van der Waals surface area (Å²) in [6.07, 6.45) is 1.74. The highest BCUT2D eigenvalue weighted by Gasteiger charge is 2.14. The number of nitrogens with one attached hydrogen (secondary N) is 1. The first kappa shape index (κ1) is 11.7. The maximum Gasteiger partial charge on any atom is 0.228 e. The predicted octanol–water partition coefficient (Wildman–Crippen LogP) is 2.76. The van der Waals surface area contributed by atoms with Gasteiger partial charge in [-0.3, -0.25) is 4.79 Å². The smallest absolute Gasteiger partial charge is 0.228 e. The lowest BCUT2D eigenvalue weighted by Crippen LogP contribution is -2.22. The second-order valence-corrected chi connectivity index (χ2v) is 3.67. The zero-order valence-corrected chi connectivity index (χ0v) is 9.58. The molecule has 0 fully saturated rings. The highest BCUT2D eigenvalue weighted by molar-refractivity contribution is 5.91. The summed E-state index contributed by atoms with van der Waals surface area (Å²) in [5.41, 5.74) is 0.914. The number of aryl methyl sites for hydroxylation is 1. The summed E-state index contributed by atoms with van der Waals surface area (Å²) >= 11 is 0.